The van der Waals surface area contributed by atoms with Crippen LogP contribution < -0.4 is 0 Å². The van der Waals surface area contributed by atoms with Gasteiger partial charge >= 0.3 is 0 Å². The van der Waals surface area contributed by atoms with Gasteiger partial charge in [-0.3, -0.25) is 0 Å². The van der Waals surface area contributed by atoms with Gasteiger partial charge in [-0.15, -0.1) is 0 Å². The summed E-state index contributed by atoms with van der Waals surface area (Å²) in [5.41, 5.74) is 10.1. The summed E-state index contributed by atoms with van der Waals surface area (Å²) in [6.45, 7) is 0. The molecular weight excluding hydrogens is 516 g/mol. The van der Waals surface area contributed by atoms with Gasteiger partial charge in [0, 0.05) is 0 Å². The lowest BCUT2D eigenvalue weighted by atomic mass is 9.67. The van der Waals surface area contributed by atoms with Gasteiger partial charge in [-0.05, 0) is 82.9 Å². The Balaban J connectivity index is 1.47. The molecule has 8 aromatic carbocycles. The van der Waals surface area contributed by atoms with Crippen molar-refractivity contribution in [1.82, 2.24) is 0 Å². The highest BCUT2D eigenvalue weighted by Crippen LogP contribution is 2.58. The first kappa shape index (κ1) is 24.2. The Morgan fingerprint density at radius 2 is 0.907 bits per heavy atom. The first-order valence-electron chi connectivity index (χ1n) is 15.0. The Morgan fingerprint density at radius 1 is 0.326 bits per heavy atom. The van der Waals surface area contributed by atoms with Gasteiger partial charge in [0.05, 0.1) is 5.41 Å². The van der Waals surface area contributed by atoms with Crippen LogP contribution in [-0.2, 0) is 5.41 Å². The average molecular weight is 545 g/mol. The maximum atomic E-state index is 2.40. The van der Waals surface area contributed by atoms with Gasteiger partial charge < -0.3 is 0 Å². The molecule has 1 aliphatic rings. The van der Waals surface area contributed by atoms with Crippen LogP contribution in [0.25, 0.3) is 54.6 Å². The highest BCUT2D eigenvalue weighted by Gasteiger charge is 2.46. The Labute approximate surface area is 251 Å². The molecule has 0 aromatic heterocycles. The Morgan fingerprint density at radius 3 is 1.67 bits per heavy atom. The van der Waals surface area contributed by atoms with Crippen LogP contribution in [-0.4, -0.2) is 0 Å². The summed E-state index contributed by atoms with van der Waals surface area (Å²) in [6, 6.07) is 62.8. The van der Waals surface area contributed by atoms with Crippen molar-refractivity contribution < 1.29 is 0 Å². The second-order valence-corrected chi connectivity index (χ2v) is 11.6. The molecule has 0 atom stereocenters. The third-order valence-electron chi connectivity index (χ3n) is 9.52. The summed E-state index contributed by atoms with van der Waals surface area (Å²) < 4.78 is 0. The summed E-state index contributed by atoms with van der Waals surface area (Å²) >= 11 is 0. The molecule has 43 heavy (non-hydrogen) atoms. The molecule has 0 heteroatoms. The van der Waals surface area contributed by atoms with Crippen molar-refractivity contribution in [2.45, 2.75) is 5.41 Å². The molecule has 9 rings (SSSR count). The second kappa shape index (κ2) is 9.28. The fraction of sp³-hybridized carbons (Fsp3) is 0.0233. The monoisotopic (exact) mass is 544 g/mol. The standard InChI is InChI=1S/C43H28/c1-3-16-31(17-4-1)43(32-18-5-2-6-19-32)39-25-12-11-23-37(39)42-40(43)27-26-29-15-13-24-36(41(29)42)38-28-30-14-7-8-20-33(30)34-21-9-10-22-35(34)38/h1-28H. The molecule has 200 valence electrons. The number of hydrogen-bond acceptors (Lipinski definition) is 0. The van der Waals surface area contributed by atoms with E-state index < -0.39 is 5.41 Å². The van der Waals surface area contributed by atoms with Gasteiger partial charge in [0.15, 0.2) is 0 Å². The van der Waals surface area contributed by atoms with E-state index in [4.69, 9.17) is 0 Å². The normalized spacial score (nSPS) is 13.3. The molecular formula is C43H28. The fourth-order valence-electron chi connectivity index (χ4n) is 7.81. The van der Waals surface area contributed by atoms with Crippen LogP contribution in [0.2, 0.25) is 0 Å². The van der Waals surface area contributed by atoms with E-state index >= 15 is 0 Å². The van der Waals surface area contributed by atoms with Crippen molar-refractivity contribution in [3.05, 3.63) is 192 Å². The zero-order valence-corrected chi connectivity index (χ0v) is 23.7. The highest BCUT2D eigenvalue weighted by atomic mass is 14.5. The predicted molar refractivity (Wildman–Crippen MR) is 182 cm³/mol. The zero-order chi connectivity index (χ0) is 28.4. The third-order valence-corrected chi connectivity index (χ3v) is 9.52. The molecule has 0 heterocycles. The maximum absolute atomic E-state index is 2.40. The first-order valence-corrected chi connectivity index (χ1v) is 15.0. The van der Waals surface area contributed by atoms with Gasteiger partial charge in [-0.2, -0.15) is 0 Å². The van der Waals surface area contributed by atoms with E-state index in [9.17, 15) is 0 Å². The zero-order valence-electron chi connectivity index (χ0n) is 23.7. The van der Waals surface area contributed by atoms with Crippen LogP contribution in [0.3, 0.4) is 0 Å². The molecule has 0 spiro atoms. The lowest BCUT2D eigenvalue weighted by molar-refractivity contribution is 0.769. The smallest absolute Gasteiger partial charge is 0.0622 e. The number of benzene rings is 8. The van der Waals surface area contributed by atoms with Crippen LogP contribution in [0.15, 0.2) is 170 Å². The quantitative estimate of drug-likeness (QED) is 0.194. The van der Waals surface area contributed by atoms with E-state index in [0.717, 1.165) is 0 Å². The Hall–Kier alpha value is -5.46. The van der Waals surface area contributed by atoms with Crippen molar-refractivity contribution in [3.8, 4) is 22.3 Å². The van der Waals surface area contributed by atoms with E-state index in [1.165, 1.54) is 76.8 Å². The SMILES string of the molecule is c1ccc(C2(c3ccccc3)c3ccccc3-c3c2ccc2cccc(-c4cc5ccccc5c5ccccc45)c32)cc1. The van der Waals surface area contributed by atoms with Gasteiger partial charge in [0.1, 0.15) is 0 Å². The van der Waals surface area contributed by atoms with Crippen LogP contribution >= 0.6 is 0 Å². The minimum Gasteiger partial charge on any atom is -0.0622 e. The van der Waals surface area contributed by atoms with Crippen molar-refractivity contribution in [2.24, 2.45) is 0 Å². The molecule has 0 N–H and O–H groups in total. The summed E-state index contributed by atoms with van der Waals surface area (Å²) in [5.74, 6) is 0. The molecule has 0 aliphatic heterocycles. The van der Waals surface area contributed by atoms with Crippen molar-refractivity contribution in [2.75, 3.05) is 0 Å². The van der Waals surface area contributed by atoms with Crippen LogP contribution in [0.1, 0.15) is 22.3 Å². The molecule has 0 radical (unpaired) electrons. The Kier molecular flexibility index (Phi) is 5.21. The molecule has 0 saturated heterocycles. The molecule has 0 saturated carbocycles. The van der Waals surface area contributed by atoms with E-state index in [1.54, 1.807) is 0 Å². The van der Waals surface area contributed by atoms with Crippen molar-refractivity contribution >= 4 is 32.3 Å². The van der Waals surface area contributed by atoms with E-state index in [2.05, 4.69) is 170 Å². The fourth-order valence-corrected chi connectivity index (χ4v) is 7.81. The maximum Gasteiger partial charge on any atom is 0.0713 e. The van der Waals surface area contributed by atoms with Crippen molar-refractivity contribution in [3.63, 3.8) is 0 Å². The predicted octanol–water partition coefficient (Wildman–Crippen LogP) is 11.2. The molecule has 0 fully saturated rings. The summed E-state index contributed by atoms with van der Waals surface area (Å²) in [5, 5.41) is 7.73. The van der Waals surface area contributed by atoms with E-state index in [-0.39, 0.29) is 0 Å². The van der Waals surface area contributed by atoms with Crippen LogP contribution in [0.5, 0.6) is 0 Å². The largest absolute Gasteiger partial charge is 0.0713 e. The van der Waals surface area contributed by atoms with Crippen LogP contribution in [0, 0.1) is 0 Å². The average Bonchev–Trinajstić information content (AvgIpc) is 3.40. The van der Waals surface area contributed by atoms with E-state index in [1.807, 2.05) is 0 Å². The van der Waals surface area contributed by atoms with Crippen LogP contribution in [0.4, 0.5) is 0 Å². The third kappa shape index (κ3) is 3.32. The van der Waals surface area contributed by atoms with Gasteiger partial charge in [0.2, 0.25) is 0 Å². The lowest BCUT2D eigenvalue weighted by Gasteiger charge is -2.34. The summed E-state index contributed by atoms with van der Waals surface area (Å²) in [4.78, 5) is 0. The minimum atomic E-state index is -0.415. The van der Waals surface area contributed by atoms with Crippen molar-refractivity contribution in [1.29, 1.82) is 0 Å². The molecule has 1 aliphatic carbocycles. The molecule has 0 bridgehead atoms. The number of rotatable bonds is 3. The topological polar surface area (TPSA) is 0 Å². The second-order valence-electron chi connectivity index (χ2n) is 11.6. The first-order chi connectivity index (χ1) is 21.4. The minimum absolute atomic E-state index is 0.415. The highest BCUT2D eigenvalue weighted by molar-refractivity contribution is 6.19. The summed E-state index contributed by atoms with van der Waals surface area (Å²) in [7, 11) is 0. The van der Waals surface area contributed by atoms with Gasteiger partial charge in [-0.1, -0.05) is 164 Å². The molecule has 0 nitrogen and oxygen atoms in total. The number of fused-ring (bicyclic) bond motifs is 8. The number of hydrogen-bond donors (Lipinski definition) is 0. The molecule has 0 amide bonds. The lowest BCUT2D eigenvalue weighted by Crippen LogP contribution is -2.28. The Bertz CT molecular complexity index is 2290. The van der Waals surface area contributed by atoms with E-state index in [0.29, 0.717) is 0 Å². The molecule has 0 unspecified atom stereocenters. The van der Waals surface area contributed by atoms with Gasteiger partial charge in [0.25, 0.3) is 0 Å². The summed E-state index contributed by atoms with van der Waals surface area (Å²) in [6.07, 6.45) is 0. The van der Waals surface area contributed by atoms with Gasteiger partial charge in [-0.25, -0.2) is 0 Å². The molecule has 8 aromatic rings.